The van der Waals surface area contributed by atoms with E-state index in [1.54, 1.807) is 11.3 Å². The molecule has 1 rings (SSSR count). The number of nitrogens with two attached hydrogens (primary N) is 1. The van der Waals surface area contributed by atoms with Gasteiger partial charge in [-0.2, -0.15) is 0 Å². The van der Waals surface area contributed by atoms with Crippen molar-refractivity contribution in [2.24, 2.45) is 11.1 Å². The number of nitrogens with one attached hydrogen (secondary N) is 1. The Kier molecular flexibility index (Phi) is 5.56. The smallest absolute Gasteiger partial charge is 0.0897 e. The van der Waals surface area contributed by atoms with Gasteiger partial charge in [-0.3, -0.25) is 0 Å². The molecule has 0 bridgehead atoms. The zero-order valence-electron chi connectivity index (χ0n) is 11.4. The van der Waals surface area contributed by atoms with Crippen LogP contribution in [0.1, 0.15) is 37.9 Å². The molecule has 0 aliphatic carbocycles. The maximum Gasteiger partial charge on any atom is 0.0897 e. The number of aromatic nitrogens is 1. The molecule has 1 atom stereocenters. The summed E-state index contributed by atoms with van der Waals surface area (Å²) in [6, 6.07) is 0.261. The second kappa shape index (κ2) is 6.47. The largest absolute Gasteiger partial charge is 0.327 e. The van der Waals surface area contributed by atoms with Gasteiger partial charge in [-0.25, -0.2) is 4.98 Å². The number of rotatable bonds is 6. The molecule has 1 aromatic heterocycles. The molecular weight excluding hydrogens is 230 g/mol. The molecule has 0 spiro atoms. The van der Waals surface area contributed by atoms with E-state index >= 15 is 0 Å². The standard InChI is InChI=1S/C13H25N3S/c1-10-16-11(9-17-10)5-7-15-8-6-12(14)13(2,3)4/h9,12,15H,5-8,14H2,1-4H3. The van der Waals surface area contributed by atoms with Gasteiger partial charge in [0.2, 0.25) is 0 Å². The molecule has 4 heteroatoms. The van der Waals surface area contributed by atoms with Crippen molar-refractivity contribution in [3.63, 3.8) is 0 Å². The fourth-order valence-electron chi connectivity index (χ4n) is 1.56. The summed E-state index contributed by atoms with van der Waals surface area (Å²) in [6.07, 6.45) is 2.04. The van der Waals surface area contributed by atoms with Gasteiger partial charge >= 0.3 is 0 Å². The fraction of sp³-hybridized carbons (Fsp3) is 0.769. The number of thiazole rings is 1. The highest BCUT2D eigenvalue weighted by atomic mass is 32.1. The van der Waals surface area contributed by atoms with Gasteiger partial charge in [0.1, 0.15) is 0 Å². The number of nitrogens with zero attached hydrogens (tertiary/aromatic N) is 1. The van der Waals surface area contributed by atoms with E-state index in [1.807, 2.05) is 6.92 Å². The Balaban J connectivity index is 2.09. The molecule has 1 heterocycles. The molecular formula is C13H25N3S. The Morgan fingerprint density at radius 1 is 1.41 bits per heavy atom. The summed E-state index contributed by atoms with van der Waals surface area (Å²) in [5, 5.41) is 6.72. The molecule has 0 amide bonds. The molecule has 0 saturated heterocycles. The van der Waals surface area contributed by atoms with Gasteiger partial charge < -0.3 is 11.1 Å². The minimum atomic E-state index is 0.202. The van der Waals surface area contributed by atoms with Gasteiger partial charge in [-0.05, 0) is 25.3 Å². The van der Waals surface area contributed by atoms with Crippen molar-refractivity contribution in [1.82, 2.24) is 10.3 Å². The average molecular weight is 255 g/mol. The first-order valence-corrected chi connectivity index (χ1v) is 7.15. The van der Waals surface area contributed by atoms with E-state index in [1.165, 1.54) is 5.69 Å². The minimum absolute atomic E-state index is 0.202. The Bertz CT molecular complexity index is 328. The van der Waals surface area contributed by atoms with Gasteiger partial charge in [0, 0.05) is 24.4 Å². The van der Waals surface area contributed by atoms with E-state index in [2.05, 4.69) is 36.5 Å². The van der Waals surface area contributed by atoms with Crippen molar-refractivity contribution in [3.05, 3.63) is 16.1 Å². The van der Waals surface area contributed by atoms with Gasteiger partial charge in [-0.15, -0.1) is 11.3 Å². The molecule has 1 unspecified atom stereocenters. The third-order valence-electron chi connectivity index (χ3n) is 2.97. The third-order valence-corrected chi connectivity index (χ3v) is 3.79. The minimum Gasteiger partial charge on any atom is -0.327 e. The number of hydrogen-bond acceptors (Lipinski definition) is 4. The predicted molar refractivity (Wildman–Crippen MR) is 75.5 cm³/mol. The van der Waals surface area contributed by atoms with Gasteiger partial charge in [0.25, 0.3) is 0 Å². The molecule has 0 fully saturated rings. The topological polar surface area (TPSA) is 50.9 Å². The lowest BCUT2D eigenvalue weighted by Gasteiger charge is -2.27. The summed E-state index contributed by atoms with van der Waals surface area (Å²) < 4.78 is 0. The summed E-state index contributed by atoms with van der Waals surface area (Å²) in [6.45, 7) is 10.6. The summed E-state index contributed by atoms with van der Waals surface area (Å²) in [5.74, 6) is 0. The van der Waals surface area contributed by atoms with Crippen LogP contribution in [0.5, 0.6) is 0 Å². The fourth-order valence-corrected chi connectivity index (χ4v) is 2.20. The molecule has 98 valence electrons. The molecule has 3 nitrogen and oxygen atoms in total. The van der Waals surface area contributed by atoms with Crippen molar-refractivity contribution in [1.29, 1.82) is 0 Å². The van der Waals surface area contributed by atoms with Crippen LogP contribution in [0.25, 0.3) is 0 Å². The molecule has 3 N–H and O–H groups in total. The van der Waals surface area contributed by atoms with Crippen molar-refractivity contribution in [2.75, 3.05) is 13.1 Å². The van der Waals surface area contributed by atoms with E-state index < -0.39 is 0 Å². The van der Waals surface area contributed by atoms with E-state index in [0.717, 1.165) is 30.9 Å². The lowest BCUT2D eigenvalue weighted by molar-refractivity contribution is 0.303. The molecule has 17 heavy (non-hydrogen) atoms. The average Bonchev–Trinajstić information content (AvgIpc) is 2.62. The Morgan fingerprint density at radius 2 is 2.12 bits per heavy atom. The molecule has 0 radical (unpaired) electrons. The molecule has 0 saturated carbocycles. The lowest BCUT2D eigenvalue weighted by Crippen LogP contribution is -2.37. The molecule has 0 aliphatic rings. The zero-order chi connectivity index (χ0) is 12.9. The van der Waals surface area contributed by atoms with E-state index in [4.69, 9.17) is 5.73 Å². The summed E-state index contributed by atoms with van der Waals surface area (Å²) in [4.78, 5) is 4.44. The quantitative estimate of drug-likeness (QED) is 0.767. The SMILES string of the molecule is Cc1nc(CCNCCC(N)C(C)(C)C)cs1. The summed E-state index contributed by atoms with van der Waals surface area (Å²) >= 11 is 1.72. The highest BCUT2D eigenvalue weighted by Crippen LogP contribution is 2.19. The maximum atomic E-state index is 6.10. The summed E-state index contributed by atoms with van der Waals surface area (Å²) in [5.41, 5.74) is 7.49. The second-order valence-corrected chi connectivity index (χ2v) is 6.68. The second-order valence-electron chi connectivity index (χ2n) is 5.62. The third kappa shape index (κ3) is 5.61. The molecule has 1 aromatic rings. The van der Waals surface area contributed by atoms with Crippen LogP contribution in [0, 0.1) is 12.3 Å². The van der Waals surface area contributed by atoms with Crippen LogP contribution < -0.4 is 11.1 Å². The molecule has 0 aliphatic heterocycles. The van der Waals surface area contributed by atoms with E-state index in [0.29, 0.717) is 0 Å². The van der Waals surface area contributed by atoms with Crippen LogP contribution in [0.4, 0.5) is 0 Å². The number of aryl methyl sites for hydroxylation is 1. The Hall–Kier alpha value is -0.450. The monoisotopic (exact) mass is 255 g/mol. The van der Waals surface area contributed by atoms with Crippen molar-refractivity contribution < 1.29 is 0 Å². The van der Waals surface area contributed by atoms with Crippen molar-refractivity contribution in [3.8, 4) is 0 Å². The molecule has 0 aromatic carbocycles. The first-order chi connectivity index (χ1) is 7.89. The van der Waals surface area contributed by atoms with Crippen LogP contribution in [0.3, 0.4) is 0 Å². The van der Waals surface area contributed by atoms with Gasteiger partial charge in [0.15, 0.2) is 0 Å². The van der Waals surface area contributed by atoms with Gasteiger partial charge in [-0.1, -0.05) is 20.8 Å². The Morgan fingerprint density at radius 3 is 2.65 bits per heavy atom. The van der Waals surface area contributed by atoms with Crippen LogP contribution in [0.15, 0.2) is 5.38 Å². The van der Waals surface area contributed by atoms with Crippen molar-refractivity contribution in [2.45, 2.75) is 46.6 Å². The Labute approximate surface area is 109 Å². The maximum absolute atomic E-state index is 6.10. The normalized spacial score (nSPS) is 13.9. The first kappa shape index (κ1) is 14.6. The van der Waals surface area contributed by atoms with E-state index in [-0.39, 0.29) is 11.5 Å². The van der Waals surface area contributed by atoms with Crippen LogP contribution in [-0.2, 0) is 6.42 Å². The van der Waals surface area contributed by atoms with Crippen LogP contribution in [-0.4, -0.2) is 24.1 Å². The van der Waals surface area contributed by atoms with Crippen molar-refractivity contribution >= 4 is 11.3 Å². The van der Waals surface area contributed by atoms with Crippen LogP contribution in [0.2, 0.25) is 0 Å². The van der Waals surface area contributed by atoms with E-state index in [9.17, 15) is 0 Å². The highest BCUT2D eigenvalue weighted by Gasteiger charge is 2.19. The van der Waals surface area contributed by atoms with Gasteiger partial charge in [0.05, 0.1) is 10.7 Å². The lowest BCUT2D eigenvalue weighted by atomic mass is 9.85. The summed E-state index contributed by atoms with van der Waals surface area (Å²) in [7, 11) is 0. The first-order valence-electron chi connectivity index (χ1n) is 6.27. The van der Waals surface area contributed by atoms with Crippen LogP contribution >= 0.6 is 11.3 Å². The highest BCUT2D eigenvalue weighted by molar-refractivity contribution is 7.09. The predicted octanol–water partition coefficient (Wildman–Crippen LogP) is 2.35. The number of hydrogen-bond donors (Lipinski definition) is 2. The zero-order valence-corrected chi connectivity index (χ0v) is 12.2.